The molecule has 0 unspecified atom stereocenters. The lowest BCUT2D eigenvalue weighted by Crippen LogP contribution is -2.41. The Kier molecular flexibility index (Phi) is 5.80. The number of hydrogen-bond donors (Lipinski definition) is 4. The Hall–Kier alpha value is -2.75. The number of nitrogens with zero attached hydrogens (tertiary/aromatic N) is 1. The average Bonchev–Trinajstić information content (AvgIpc) is 2.54. The van der Waals surface area contributed by atoms with E-state index in [1.165, 1.54) is 0 Å². The molecule has 2 rings (SSSR count). The summed E-state index contributed by atoms with van der Waals surface area (Å²) in [6.07, 6.45) is 2.43. The van der Waals surface area contributed by atoms with E-state index >= 15 is 0 Å². The Morgan fingerprint density at radius 2 is 2.00 bits per heavy atom. The number of carbonyl (C=O) groups is 2. The summed E-state index contributed by atoms with van der Waals surface area (Å²) in [5.74, 6) is 0.333. The van der Waals surface area contributed by atoms with Crippen molar-refractivity contribution in [3.05, 3.63) is 29.8 Å². The molecule has 0 aromatic heterocycles. The van der Waals surface area contributed by atoms with E-state index in [9.17, 15) is 9.59 Å². The molecule has 0 atom stereocenters. The summed E-state index contributed by atoms with van der Waals surface area (Å²) in [6, 6.07) is 8.58. The fourth-order valence-corrected chi connectivity index (χ4v) is 2.76. The first-order chi connectivity index (χ1) is 11.1. The highest BCUT2D eigenvalue weighted by Gasteiger charge is 2.22. The first kappa shape index (κ1) is 16.6. The van der Waals surface area contributed by atoms with Crippen LogP contribution in [0.3, 0.4) is 0 Å². The fraction of sp³-hybridized carbons (Fsp3) is 0.438. The molecule has 0 aliphatic heterocycles. The van der Waals surface area contributed by atoms with Crippen LogP contribution in [0.5, 0.6) is 0 Å². The number of anilines is 1. The zero-order chi connectivity index (χ0) is 16.7. The van der Waals surface area contributed by atoms with Gasteiger partial charge in [0.1, 0.15) is 0 Å². The number of carboxylic acid groups (broad SMARTS) is 1. The van der Waals surface area contributed by atoms with Gasteiger partial charge in [-0.2, -0.15) is 5.26 Å². The zero-order valence-electron chi connectivity index (χ0n) is 12.7. The monoisotopic (exact) mass is 316 g/mol. The van der Waals surface area contributed by atoms with Crippen molar-refractivity contribution in [3.8, 4) is 6.07 Å². The molecule has 3 amide bonds. The van der Waals surface area contributed by atoms with Crippen LogP contribution in [0.4, 0.5) is 15.3 Å². The Labute approximate surface area is 134 Å². The van der Waals surface area contributed by atoms with Crippen LogP contribution in [-0.2, 0) is 0 Å². The molecule has 0 saturated heterocycles. The van der Waals surface area contributed by atoms with E-state index in [1.54, 1.807) is 24.3 Å². The van der Waals surface area contributed by atoms with Gasteiger partial charge in [0.25, 0.3) is 0 Å². The molecule has 4 N–H and O–H groups in total. The summed E-state index contributed by atoms with van der Waals surface area (Å²) in [5, 5.41) is 25.5. The number of nitrogens with one attached hydrogen (secondary N) is 3. The third-order valence-corrected chi connectivity index (χ3v) is 3.97. The largest absolute Gasteiger partial charge is 0.465 e. The maximum atomic E-state index is 12.0. The van der Waals surface area contributed by atoms with Crippen molar-refractivity contribution in [3.63, 3.8) is 0 Å². The van der Waals surface area contributed by atoms with Crippen LogP contribution in [0, 0.1) is 17.2 Å². The van der Waals surface area contributed by atoms with Gasteiger partial charge in [-0.3, -0.25) is 0 Å². The summed E-state index contributed by atoms with van der Waals surface area (Å²) < 4.78 is 0. The second kappa shape index (κ2) is 8.03. The molecule has 122 valence electrons. The van der Waals surface area contributed by atoms with Crippen LogP contribution in [0.1, 0.15) is 31.2 Å². The van der Waals surface area contributed by atoms with Crippen LogP contribution >= 0.6 is 0 Å². The van der Waals surface area contributed by atoms with E-state index in [-0.39, 0.29) is 12.1 Å². The second-order valence-electron chi connectivity index (χ2n) is 5.69. The molecule has 0 radical (unpaired) electrons. The lowest BCUT2D eigenvalue weighted by Gasteiger charge is -2.29. The van der Waals surface area contributed by atoms with E-state index in [0.717, 1.165) is 25.7 Å². The minimum Gasteiger partial charge on any atom is -0.465 e. The van der Waals surface area contributed by atoms with Gasteiger partial charge in [-0.1, -0.05) is 6.07 Å². The van der Waals surface area contributed by atoms with Crippen molar-refractivity contribution in [2.24, 2.45) is 5.92 Å². The molecular formula is C16H20N4O3. The maximum absolute atomic E-state index is 12.0. The van der Waals surface area contributed by atoms with Crippen molar-refractivity contribution >= 4 is 17.8 Å². The summed E-state index contributed by atoms with van der Waals surface area (Å²) in [6.45, 7) is 0.467. The fourth-order valence-electron chi connectivity index (χ4n) is 2.76. The van der Waals surface area contributed by atoms with Crippen LogP contribution in [0.15, 0.2) is 24.3 Å². The minimum absolute atomic E-state index is 0.0928. The molecule has 0 bridgehead atoms. The van der Waals surface area contributed by atoms with Gasteiger partial charge in [0.05, 0.1) is 11.6 Å². The van der Waals surface area contributed by atoms with Gasteiger partial charge in [0, 0.05) is 18.3 Å². The number of carbonyl (C=O) groups excluding carboxylic acids is 1. The molecule has 1 fully saturated rings. The van der Waals surface area contributed by atoms with E-state index in [0.29, 0.717) is 23.7 Å². The average molecular weight is 316 g/mol. The van der Waals surface area contributed by atoms with Gasteiger partial charge in [0.2, 0.25) is 0 Å². The molecule has 1 saturated carbocycles. The molecule has 7 nitrogen and oxygen atoms in total. The number of hydrogen-bond acceptors (Lipinski definition) is 3. The standard InChI is InChI=1S/C16H20N4O3/c17-9-12-2-1-3-14(8-12)20-15(21)19-13-6-4-11(5-7-13)10-18-16(22)23/h1-3,8,11,13,18H,4-7,10H2,(H,22,23)(H2,19,20,21). The Bertz CT molecular complexity index is 604. The summed E-state index contributed by atoms with van der Waals surface area (Å²) in [4.78, 5) is 22.5. The van der Waals surface area contributed by atoms with Crippen LogP contribution in [0.25, 0.3) is 0 Å². The third-order valence-electron chi connectivity index (χ3n) is 3.97. The third kappa shape index (κ3) is 5.51. The smallest absolute Gasteiger partial charge is 0.404 e. The highest BCUT2D eigenvalue weighted by atomic mass is 16.4. The Balaban J connectivity index is 1.74. The van der Waals surface area contributed by atoms with Crippen LogP contribution < -0.4 is 16.0 Å². The lowest BCUT2D eigenvalue weighted by molar-refractivity contribution is 0.189. The Morgan fingerprint density at radius 3 is 2.65 bits per heavy atom. The minimum atomic E-state index is -0.996. The summed E-state index contributed by atoms with van der Waals surface area (Å²) in [5.41, 5.74) is 1.08. The molecule has 23 heavy (non-hydrogen) atoms. The number of rotatable bonds is 4. The number of nitriles is 1. The van der Waals surface area contributed by atoms with E-state index in [1.807, 2.05) is 6.07 Å². The number of amides is 3. The normalized spacial score (nSPS) is 20.1. The van der Waals surface area contributed by atoms with Gasteiger partial charge in [-0.15, -0.1) is 0 Å². The second-order valence-corrected chi connectivity index (χ2v) is 5.69. The van der Waals surface area contributed by atoms with Gasteiger partial charge < -0.3 is 21.1 Å². The SMILES string of the molecule is N#Cc1cccc(NC(=O)NC2CCC(CNC(=O)O)CC2)c1. The first-order valence-corrected chi connectivity index (χ1v) is 7.61. The van der Waals surface area contributed by atoms with E-state index in [4.69, 9.17) is 10.4 Å². The van der Waals surface area contributed by atoms with Crippen molar-refractivity contribution < 1.29 is 14.7 Å². The highest BCUT2D eigenvalue weighted by molar-refractivity contribution is 5.89. The first-order valence-electron chi connectivity index (χ1n) is 7.61. The molecule has 1 aromatic rings. The Morgan fingerprint density at radius 1 is 1.26 bits per heavy atom. The highest BCUT2D eigenvalue weighted by Crippen LogP contribution is 2.23. The molecule has 0 heterocycles. The number of urea groups is 1. The van der Waals surface area contributed by atoms with E-state index < -0.39 is 6.09 Å². The maximum Gasteiger partial charge on any atom is 0.404 e. The lowest BCUT2D eigenvalue weighted by atomic mass is 9.86. The van der Waals surface area contributed by atoms with Crippen molar-refractivity contribution in [2.45, 2.75) is 31.7 Å². The van der Waals surface area contributed by atoms with Gasteiger partial charge >= 0.3 is 12.1 Å². The van der Waals surface area contributed by atoms with Gasteiger partial charge in [-0.05, 0) is 49.8 Å². The molecular weight excluding hydrogens is 296 g/mol. The number of benzene rings is 1. The molecule has 7 heteroatoms. The van der Waals surface area contributed by atoms with Crippen molar-refractivity contribution in [1.82, 2.24) is 10.6 Å². The zero-order valence-corrected chi connectivity index (χ0v) is 12.7. The van der Waals surface area contributed by atoms with Crippen LogP contribution in [-0.4, -0.2) is 29.8 Å². The predicted octanol–water partition coefficient (Wildman–Crippen LogP) is 2.51. The molecule has 1 aliphatic rings. The summed E-state index contributed by atoms with van der Waals surface area (Å²) in [7, 11) is 0. The predicted molar refractivity (Wildman–Crippen MR) is 85.1 cm³/mol. The van der Waals surface area contributed by atoms with Crippen LogP contribution in [0.2, 0.25) is 0 Å². The van der Waals surface area contributed by atoms with E-state index in [2.05, 4.69) is 16.0 Å². The molecule has 0 spiro atoms. The summed E-state index contributed by atoms with van der Waals surface area (Å²) >= 11 is 0. The quantitative estimate of drug-likeness (QED) is 0.683. The van der Waals surface area contributed by atoms with Crippen molar-refractivity contribution in [1.29, 1.82) is 5.26 Å². The van der Waals surface area contributed by atoms with Crippen molar-refractivity contribution in [2.75, 3.05) is 11.9 Å². The molecule has 1 aromatic carbocycles. The van der Waals surface area contributed by atoms with Gasteiger partial charge in [0.15, 0.2) is 0 Å². The topological polar surface area (TPSA) is 114 Å². The molecule has 1 aliphatic carbocycles. The van der Waals surface area contributed by atoms with Gasteiger partial charge in [-0.25, -0.2) is 9.59 Å².